The first-order valence-electron chi connectivity index (χ1n) is 9.90. The Labute approximate surface area is 140 Å². The Morgan fingerprint density at radius 3 is 2.61 bits per heavy atom. The number of rotatable bonds is 1. The Morgan fingerprint density at radius 1 is 1.13 bits per heavy atom. The second kappa shape index (κ2) is 5.07. The van der Waals surface area contributed by atoms with Gasteiger partial charge in [0.2, 0.25) is 0 Å². The van der Waals surface area contributed by atoms with Gasteiger partial charge >= 0.3 is 0 Å². The normalized spacial score (nSPS) is 55.6. The summed E-state index contributed by atoms with van der Waals surface area (Å²) in [6.07, 6.45) is 10.8. The second-order valence-corrected chi connectivity index (χ2v) is 9.48. The maximum absolute atomic E-state index is 13.9. The number of hydrogen-bond donors (Lipinski definition) is 1. The zero-order valence-electron chi connectivity index (χ0n) is 15.1. The van der Waals surface area contributed by atoms with E-state index >= 15 is 0 Å². The molecule has 3 fully saturated rings. The maximum atomic E-state index is 13.9. The number of halogens is 1. The van der Waals surface area contributed by atoms with Crippen LogP contribution in [0.3, 0.4) is 0 Å². The van der Waals surface area contributed by atoms with E-state index in [2.05, 4.69) is 26.8 Å². The molecule has 1 nitrogen and oxygen atoms in total. The molecule has 0 radical (unpaired) electrons. The van der Waals surface area contributed by atoms with Crippen LogP contribution in [-0.4, -0.2) is 16.9 Å². The van der Waals surface area contributed by atoms with Gasteiger partial charge in [0.05, 0.1) is 5.60 Å². The minimum atomic E-state index is -0.614. The van der Waals surface area contributed by atoms with Crippen LogP contribution in [0.15, 0.2) is 11.6 Å². The van der Waals surface area contributed by atoms with E-state index in [0.717, 1.165) is 38.5 Å². The number of allylic oxidation sites excluding steroid dienone is 2. The molecule has 4 aliphatic rings. The highest BCUT2D eigenvalue weighted by molar-refractivity contribution is 5.26. The highest BCUT2D eigenvalue weighted by atomic mass is 19.1. The lowest BCUT2D eigenvalue weighted by Crippen LogP contribution is -2.54. The molecule has 0 bridgehead atoms. The summed E-state index contributed by atoms with van der Waals surface area (Å²) in [6, 6.07) is 0. The van der Waals surface area contributed by atoms with Crippen molar-refractivity contribution in [1.29, 1.82) is 0 Å². The second-order valence-electron chi connectivity index (χ2n) is 9.48. The van der Waals surface area contributed by atoms with Gasteiger partial charge in [-0.2, -0.15) is 0 Å². The van der Waals surface area contributed by atoms with Gasteiger partial charge in [0.25, 0.3) is 0 Å². The lowest BCUT2D eigenvalue weighted by molar-refractivity contribution is -0.125. The molecule has 7 atom stereocenters. The van der Waals surface area contributed by atoms with Gasteiger partial charge in [-0.25, -0.2) is 4.39 Å². The lowest BCUT2D eigenvalue weighted by Gasteiger charge is -2.59. The molecule has 0 aliphatic heterocycles. The molecule has 0 aromatic heterocycles. The minimum absolute atomic E-state index is 0.0991. The van der Waals surface area contributed by atoms with Crippen molar-refractivity contribution in [3.8, 4) is 0 Å². The van der Waals surface area contributed by atoms with E-state index in [4.69, 9.17) is 0 Å². The molecular formula is C21H33FO. The Morgan fingerprint density at radius 2 is 1.87 bits per heavy atom. The average molecular weight is 320 g/mol. The van der Waals surface area contributed by atoms with E-state index in [1.807, 2.05) is 0 Å². The maximum Gasteiger partial charge on any atom is 0.104 e. The number of alkyl halides is 1. The fourth-order valence-electron chi connectivity index (χ4n) is 7.31. The zero-order chi connectivity index (χ0) is 16.5. The average Bonchev–Trinajstić information content (AvgIpc) is 2.80. The molecule has 130 valence electrons. The van der Waals surface area contributed by atoms with Crippen LogP contribution < -0.4 is 0 Å². The molecule has 0 spiro atoms. The number of hydrogen-bond acceptors (Lipinski definition) is 1. The van der Waals surface area contributed by atoms with Crippen molar-refractivity contribution in [2.24, 2.45) is 28.6 Å². The molecule has 3 saturated carbocycles. The van der Waals surface area contributed by atoms with Gasteiger partial charge in [-0.15, -0.1) is 0 Å². The lowest BCUT2D eigenvalue weighted by atomic mass is 9.47. The Kier molecular flexibility index (Phi) is 3.55. The summed E-state index contributed by atoms with van der Waals surface area (Å²) in [5.74, 6) is 2.08. The van der Waals surface area contributed by atoms with E-state index in [1.165, 1.54) is 18.4 Å². The van der Waals surface area contributed by atoms with Crippen LogP contribution >= 0.6 is 0 Å². The van der Waals surface area contributed by atoms with Crippen LogP contribution in [0.1, 0.15) is 78.6 Å². The first-order chi connectivity index (χ1) is 10.8. The number of aliphatic hydroxyl groups is 1. The Balaban J connectivity index is 1.68. The van der Waals surface area contributed by atoms with Gasteiger partial charge in [-0.1, -0.05) is 32.4 Å². The molecule has 0 saturated heterocycles. The van der Waals surface area contributed by atoms with Gasteiger partial charge in [0.1, 0.15) is 6.17 Å². The van der Waals surface area contributed by atoms with Crippen molar-refractivity contribution in [3.63, 3.8) is 0 Å². The van der Waals surface area contributed by atoms with E-state index < -0.39 is 11.8 Å². The zero-order valence-corrected chi connectivity index (χ0v) is 15.1. The summed E-state index contributed by atoms with van der Waals surface area (Å²) in [4.78, 5) is 0. The highest BCUT2D eigenvalue weighted by Crippen LogP contribution is 2.67. The SMILES string of the molecule is CCC1(O)CCC2C3CC=C4CC(F)CCC4(C)C3CCC21C. The van der Waals surface area contributed by atoms with Crippen LogP contribution in [0.25, 0.3) is 0 Å². The molecule has 0 heterocycles. The van der Waals surface area contributed by atoms with E-state index in [0.29, 0.717) is 24.2 Å². The van der Waals surface area contributed by atoms with Gasteiger partial charge in [0, 0.05) is 6.42 Å². The van der Waals surface area contributed by atoms with E-state index in [-0.39, 0.29) is 10.8 Å². The molecule has 23 heavy (non-hydrogen) atoms. The molecule has 7 unspecified atom stereocenters. The third-order valence-electron chi connectivity index (χ3n) is 8.95. The summed E-state index contributed by atoms with van der Waals surface area (Å²) >= 11 is 0. The molecule has 2 heteroatoms. The van der Waals surface area contributed by atoms with E-state index in [1.54, 1.807) is 0 Å². The molecular weight excluding hydrogens is 287 g/mol. The number of fused-ring (bicyclic) bond motifs is 5. The van der Waals surface area contributed by atoms with Crippen molar-refractivity contribution in [2.75, 3.05) is 0 Å². The van der Waals surface area contributed by atoms with Crippen LogP contribution in [0, 0.1) is 28.6 Å². The van der Waals surface area contributed by atoms with Crippen LogP contribution in [0.5, 0.6) is 0 Å². The topological polar surface area (TPSA) is 20.2 Å². The van der Waals surface area contributed by atoms with Crippen molar-refractivity contribution < 1.29 is 9.50 Å². The van der Waals surface area contributed by atoms with Crippen LogP contribution in [-0.2, 0) is 0 Å². The molecule has 4 rings (SSSR count). The Bertz CT molecular complexity index is 528. The predicted octanol–water partition coefficient (Wildman–Crippen LogP) is 5.43. The molecule has 0 amide bonds. The summed E-state index contributed by atoms with van der Waals surface area (Å²) < 4.78 is 13.9. The monoisotopic (exact) mass is 320 g/mol. The first kappa shape index (κ1) is 16.1. The standard InChI is InChI=1S/C21H33FO/c1-4-21(23)12-9-18-16-6-5-14-13-15(22)7-10-19(14,2)17(16)8-11-20(18,21)3/h5,15-18,23H,4,6-13H2,1-3H3. The van der Waals surface area contributed by atoms with Crippen molar-refractivity contribution in [2.45, 2.75) is 90.3 Å². The van der Waals surface area contributed by atoms with Crippen LogP contribution in [0.4, 0.5) is 4.39 Å². The third kappa shape index (κ3) is 2.00. The third-order valence-corrected chi connectivity index (χ3v) is 8.95. The molecule has 0 aromatic carbocycles. The van der Waals surface area contributed by atoms with Gasteiger partial charge in [-0.05, 0) is 80.0 Å². The van der Waals surface area contributed by atoms with Crippen molar-refractivity contribution >= 4 is 0 Å². The molecule has 4 aliphatic carbocycles. The van der Waals surface area contributed by atoms with Gasteiger partial charge in [-0.3, -0.25) is 0 Å². The minimum Gasteiger partial charge on any atom is -0.389 e. The summed E-state index contributed by atoms with van der Waals surface area (Å²) in [5.41, 5.74) is 1.30. The smallest absolute Gasteiger partial charge is 0.104 e. The predicted molar refractivity (Wildman–Crippen MR) is 91.8 cm³/mol. The fraction of sp³-hybridized carbons (Fsp3) is 0.905. The molecule has 1 N–H and O–H groups in total. The van der Waals surface area contributed by atoms with Crippen molar-refractivity contribution in [3.05, 3.63) is 11.6 Å². The quantitative estimate of drug-likeness (QED) is 0.639. The van der Waals surface area contributed by atoms with E-state index in [9.17, 15) is 9.50 Å². The van der Waals surface area contributed by atoms with Gasteiger partial charge in [0.15, 0.2) is 0 Å². The van der Waals surface area contributed by atoms with Gasteiger partial charge < -0.3 is 5.11 Å². The summed E-state index contributed by atoms with van der Waals surface area (Å²) in [6.45, 7) is 6.94. The molecule has 0 aromatic rings. The Hall–Kier alpha value is -0.370. The van der Waals surface area contributed by atoms with Crippen molar-refractivity contribution in [1.82, 2.24) is 0 Å². The first-order valence-corrected chi connectivity index (χ1v) is 9.90. The van der Waals surface area contributed by atoms with Crippen LogP contribution in [0.2, 0.25) is 0 Å². The highest BCUT2D eigenvalue weighted by Gasteiger charge is 2.62. The summed E-state index contributed by atoms with van der Waals surface area (Å²) in [5, 5.41) is 11.2. The summed E-state index contributed by atoms with van der Waals surface area (Å²) in [7, 11) is 0. The largest absolute Gasteiger partial charge is 0.389 e. The fourth-order valence-corrected chi connectivity index (χ4v) is 7.31.